The maximum atomic E-state index is 11.6. The monoisotopic (exact) mass is 283 g/mol. The average Bonchev–Trinajstić information content (AvgIpc) is 2.48. The summed E-state index contributed by atoms with van der Waals surface area (Å²) < 4.78 is 0. The van der Waals surface area contributed by atoms with Gasteiger partial charge >= 0.3 is 0 Å². The van der Waals surface area contributed by atoms with Crippen LogP contribution in [0.3, 0.4) is 0 Å². The topological polar surface area (TPSA) is 75.8 Å². The van der Waals surface area contributed by atoms with Crippen molar-refractivity contribution < 1.29 is 9.72 Å². The Bertz CT molecular complexity index is 666. The van der Waals surface area contributed by atoms with Gasteiger partial charge in [-0.3, -0.25) is 14.9 Å². The maximum Gasteiger partial charge on any atom is 0.269 e. The summed E-state index contributed by atoms with van der Waals surface area (Å²) in [5.41, 5.74) is 1.34. The Morgan fingerprint density at radius 3 is 2.29 bits per heavy atom. The van der Waals surface area contributed by atoms with E-state index in [4.69, 9.17) is 0 Å². The largest absolute Gasteiger partial charge is 0.273 e. The molecule has 0 unspecified atom stereocenters. The predicted molar refractivity (Wildman–Crippen MR) is 80.3 cm³/mol. The number of carbonyl (C=O) groups is 1. The molecule has 0 aliphatic rings. The number of hydrogen-bond donors (Lipinski definition) is 0. The summed E-state index contributed by atoms with van der Waals surface area (Å²) in [4.78, 5) is 21.7. The van der Waals surface area contributed by atoms with Crippen molar-refractivity contribution >= 4 is 23.5 Å². The SMILES string of the molecule is CC(=O)N(/N=C/c1ccc([N+](=O)[O-])cc1)c1ccccc1. The predicted octanol–water partition coefficient (Wildman–Crippen LogP) is 2.98. The van der Waals surface area contributed by atoms with Crippen molar-refractivity contribution in [3.05, 3.63) is 70.3 Å². The normalized spacial score (nSPS) is 10.5. The van der Waals surface area contributed by atoms with Crippen LogP contribution in [0.5, 0.6) is 0 Å². The first kappa shape index (κ1) is 14.4. The molecule has 106 valence electrons. The molecule has 2 aromatic carbocycles. The third-order valence-electron chi connectivity index (χ3n) is 2.73. The molecule has 0 spiro atoms. The number of hydrazone groups is 1. The number of amides is 1. The van der Waals surface area contributed by atoms with Gasteiger partial charge in [0.15, 0.2) is 0 Å². The van der Waals surface area contributed by atoms with E-state index in [9.17, 15) is 14.9 Å². The van der Waals surface area contributed by atoms with Gasteiger partial charge < -0.3 is 0 Å². The lowest BCUT2D eigenvalue weighted by Gasteiger charge is -2.14. The van der Waals surface area contributed by atoms with Crippen molar-refractivity contribution in [3.63, 3.8) is 0 Å². The van der Waals surface area contributed by atoms with Gasteiger partial charge in [0.2, 0.25) is 5.91 Å². The van der Waals surface area contributed by atoms with Crippen LogP contribution in [-0.4, -0.2) is 17.0 Å². The first-order chi connectivity index (χ1) is 10.1. The molecule has 0 N–H and O–H groups in total. The number of para-hydroxylation sites is 1. The lowest BCUT2D eigenvalue weighted by molar-refractivity contribution is -0.384. The first-order valence-corrected chi connectivity index (χ1v) is 6.22. The number of carbonyl (C=O) groups excluding carboxylic acids is 1. The van der Waals surface area contributed by atoms with Crippen LogP contribution in [0.2, 0.25) is 0 Å². The van der Waals surface area contributed by atoms with E-state index in [0.29, 0.717) is 11.3 Å². The Labute approximate surface area is 121 Å². The molecule has 0 heterocycles. The molecule has 0 aromatic heterocycles. The molecule has 2 rings (SSSR count). The van der Waals surface area contributed by atoms with Crippen LogP contribution in [0.1, 0.15) is 12.5 Å². The fourth-order valence-corrected chi connectivity index (χ4v) is 1.71. The first-order valence-electron chi connectivity index (χ1n) is 6.22. The van der Waals surface area contributed by atoms with Crippen molar-refractivity contribution in [2.75, 3.05) is 5.01 Å². The van der Waals surface area contributed by atoms with Crippen molar-refractivity contribution in [2.24, 2.45) is 5.10 Å². The van der Waals surface area contributed by atoms with Gasteiger partial charge in [-0.1, -0.05) is 18.2 Å². The lowest BCUT2D eigenvalue weighted by Crippen LogP contribution is -2.22. The summed E-state index contributed by atoms with van der Waals surface area (Å²) in [6.45, 7) is 1.42. The van der Waals surface area contributed by atoms with Crippen LogP contribution >= 0.6 is 0 Å². The minimum Gasteiger partial charge on any atom is -0.273 e. The Kier molecular flexibility index (Phi) is 4.40. The van der Waals surface area contributed by atoms with Gasteiger partial charge in [-0.25, -0.2) is 5.01 Å². The molecule has 0 saturated carbocycles. The number of non-ortho nitro benzene ring substituents is 1. The molecule has 0 saturated heterocycles. The molecule has 6 heteroatoms. The van der Waals surface area contributed by atoms with Crippen LogP contribution in [0.25, 0.3) is 0 Å². The molecule has 0 aliphatic heterocycles. The van der Waals surface area contributed by atoms with Gasteiger partial charge in [-0.2, -0.15) is 5.10 Å². The standard InChI is InChI=1S/C15H13N3O3/c1-12(19)17(14-5-3-2-4-6-14)16-11-13-7-9-15(10-8-13)18(20)21/h2-11H,1H3/b16-11+. The Hall–Kier alpha value is -3.02. The summed E-state index contributed by atoms with van der Waals surface area (Å²) in [5, 5.41) is 16.0. The van der Waals surface area contributed by atoms with Crippen LogP contribution < -0.4 is 5.01 Å². The second-order valence-corrected chi connectivity index (χ2v) is 4.26. The van der Waals surface area contributed by atoms with E-state index in [1.807, 2.05) is 18.2 Å². The quantitative estimate of drug-likeness (QED) is 0.491. The van der Waals surface area contributed by atoms with E-state index in [-0.39, 0.29) is 11.6 Å². The molecule has 2 aromatic rings. The third-order valence-corrected chi connectivity index (χ3v) is 2.73. The van der Waals surface area contributed by atoms with E-state index < -0.39 is 4.92 Å². The zero-order chi connectivity index (χ0) is 15.2. The number of nitro benzene ring substituents is 1. The molecular weight excluding hydrogens is 270 g/mol. The zero-order valence-corrected chi connectivity index (χ0v) is 11.3. The van der Waals surface area contributed by atoms with Crippen LogP contribution in [0, 0.1) is 10.1 Å². The molecule has 0 aliphatic carbocycles. The molecule has 0 radical (unpaired) electrons. The van der Waals surface area contributed by atoms with Gasteiger partial charge in [0.1, 0.15) is 0 Å². The Balaban J connectivity index is 2.21. The number of benzene rings is 2. The number of nitrogens with zero attached hydrogens (tertiary/aromatic N) is 3. The highest BCUT2D eigenvalue weighted by Gasteiger charge is 2.09. The molecule has 21 heavy (non-hydrogen) atoms. The summed E-state index contributed by atoms with van der Waals surface area (Å²) in [6, 6.07) is 14.9. The zero-order valence-electron chi connectivity index (χ0n) is 11.3. The Morgan fingerprint density at radius 1 is 1.14 bits per heavy atom. The van der Waals surface area contributed by atoms with E-state index in [0.717, 1.165) is 0 Å². The van der Waals surface area contributed by atoms with Gasteiger partial charge in [-0.15, -0.1) is 0 Å². The number of hydrogen-bond acceptors (Lipinski definition) is 4. The minimum absolute atomic E-state index is 0.0126. The van der Waals surface area contributed by atoms with Crippen molar-refractivity contribution in [1.29, 1.82) is 0 Å². The van der Waals surface area contributed by atoms with E-state index in [1.54, 1.807) is 24.3 Å². The molecule has 1 amide bonds. The van der Waals surface area contributed by atoms with Crippen molar-refractivity contribution in [2.45, 2.75) is 6.92 Å². The van der Waals surface area contributed by atoms with E-state index in [1.165, 1.54) is 30.3 Å². The lowest BCUT2D eigenvalue weighted by atomic mass is 10.2. The van der Waals surface area contributed by atoms with Gasteiger partial charge in [0, 0.05) is 19.1 Å². The highest BCUT2D eigenvalue weighted by Crippen LogP contribution is 2.15. The highest BCUT2D eigenvalue weighted by molar-refractivity contribution is 5.93. The smallest absolute Gasteiger partial charge is 0.269 e. The summed E-state index contributed by atoms with van der Waals surface area (Å²) in [6.07, 6.45) is 1.48. The van der Waals surface area contributed by atoms with Gasteiger partial charge in [0.25, 0.3) is 5.69 Å². The fraction of sp³-hybridized carbons (Fsp3) is 0.0667. The van der Waals surface area contributed by atoms with Gasteiger partial charge in [0.05, 0.1) is 16.8 Å². The Morgan fingerprint density at radius 2 is 1.76 bits per heavy atom. The van der Waals surface area contributed by atoms with E-state index in [2.05, 4.69) is 5.10 Å². The van der Waals surface area contributed by atoms with Crippen LogP contribution in [0.15, 0.2) is 59.7 Å². The van der Waals surface area contributed by atoms with Crippen molar-refractivity contribution in [3.8, 4) is 0 Å². The highest BCUT2D eigenvalue weighted by atomic mass is 16.6. The summed E-state index contributed by atoms with van der Waals surface area (Å²) in [7, 11) is 0. The average molecular weight is 283 g/mol. The third kappa shape index (κ3) is 3.73. The fourth-order valence-electron chi connectivity index (χ4n) is 1.71. The maximum absolute atomic E-state index is 11.6. The van der Waals surface area contributed by atoms with Crippen molar-refractivity contribution in [1.82, 2.24) is 0 Å². The molecule has 6 nitrogen and oxygen atoms in total. The van der Waals surface area contributed by atoms with Crippen LogP contribution in [-0.2, 0) is 4.79 Å². The molecule has 0 bridgehead atoms. The summed E-state index contributed by atoms with van der Waals surface area (Å²) in [5.74, 6) is -0.223. The number of anilines is 1. The summed E-state index contributed by atoms with van der Waals surface area (Å²) >= 11 is 0. The number of rotatable bonds is 4. The van der Waals surface area contributed by atoms with E-state index >= 15 is 0 Å². The van der Waals surface area contributed by atoms with Gasteiger partial charge in [-0.05, 0) is 29.8 Å². The van der Waals surface area contributed by atoms with Crippen LogP contribution in [0.4, 0.5) is 11.4 Å². The number of nitro groups is 1. The second-order valence-electron chi connectivity index (χ2n) is 4.26. The molecule has 0 atom stereocenters. The minimum atomic E-state index is -0.466. The second kappa shape index (κ2) is 6.42. The molecular formula is C15H13N3O3. The molecule has 0 fully saturated rings.